The average molecular weight is 478 g/mol. The number of benzene rings is 1. The molecule has 34 heavy (non-hydrogen) atoms. The standard InChI is InChI=1S/C22H23N9O2S/c1-33-20(32)15-11-23-21(24-12-15)31-7-5-30(6-8-31)19-10-18(27-22(28-19)34-2)26-16-3-4-17-14(9-16)13-25-29-17/h3-4,9-13H,5-8H2,1-2H3,(H,25,29)(H,26,27,28). The number of anilines is 4. The van der Waals surface area contributed by atoms with Gasteiger partial charge >= 0.3 is 5.97 Å². The maximum absolute atomic E-state index is 11.6. The predicted molar refractivity (Wildman–Crippen MR) is 131 cm³/mol. The fourth-order valence-corrected chi connectivity index (χ4v) is 4.12. The third-order valence-corrected chi connectivity index (χ3v) is 6.08. The topological polar surface area (TPSA) is 125 Å². The number of H-pyrrole nitrogens is 1. The molecule has 0 saturated carbocycles. The first kappa shape index (κ1) is 21.9. The lowest BCUT2D eigenvalue weighted by molar-refractivity contribution is 0.0600. The van der Waals surface area contributed by atoms with Gasteiger partial charge in [0.1, 0.15) is 11.6 Å². The van der Waals surface area contributed by atoms with E-state index in [1.807, 2.05) is 30.5 Å². The van der Waals surface area contributed by atoms with Crippen LogP contribution in [0.1, 0.15) is 10.4 Å². The van der Waals surface area contributed by atoms with Crippen LogP contribution in [-0.4, -0.2) is 75.6 Å². The van der Waals surface area contributed by atoms with Gasteiger partial charge in [0.2, 0.25) is 5.95 Å². The zero-order chi connectivity index (χ0) is 23.5. The van der Waals surface area contributed by atoms with Crippen molar-refractivity contribution in [3.63, 3.8) is 0 Å². The number of carbonyl (C=O) groups excluding carboxylic acids is 1. The summed E-state index contributed by atoms with van der Waals surface area (Å²) in [6, 6.07) is 7.98. The molecule has 12 heteroatoms. The summed E-state index contributed by atoms with van der Waals surface area (Å²) in [5.74, 6) is 1.75. The highest BCUT2D eigenvalue weighted by atomic mass is 32.2. The number of methoxy groups -OCH3 is 1. The molecule has 3 aromatic heterocycles. The lowest BCUT2D eigenvalue weighted by Crippen LogP contribution is -2.47. The molecule has 0 aliphatic carbocycles. The number of carbonyl (C=O) groups is 1. The van der Waals surface area contributed by atoms with E-state index in [-0.39, 0.29) is 0 Å². The average Bonchev–Trinajstić information content (AvgIpc) is 3.36. The van der Waals surface area contributed by atoms with Crippen LogP contribution in [0.15, 0.2) is 48.0 Å². The Morgan fingerprint density at radius 1 is 1.06 bits per heavy atom. The van der Waals surface area contributed by atoms with Crippen molar-refractivity contribution in [3.05, 3.63) is 48.4 Å². The summed E-state index contributed by atoms with van der Waals surface area (Å²) >= 11 is 1.51. The Hall–Kier alpha value is -3.93. The molecule has 1 aromatic carbocycles. The molecule has 0 atom stereocenters. The first-order valence-corrected chi connectivity index (χ1v) is 11.9. The summed E-state index contributed by atoms with van der Waals surface area (Å²) in [6.07, 6.45) is 6.75. The summed E-state index contributed by atoms with van der Waals surface area (Å²) in [4.78, 5) is 33.9. The molecule has 0 unspecified atom stereocenters. The minimum Gasteiger partial charge on any atom is -0.465 e. The van der Waals surface area contributed by atoms with E-state index in [9.17, 15) is 4.79 Å². The van der Waals surface area contributed by atoms with Crippen molar-refractivity contribution in [2.45, 2.75) is 5.16 Å². The predicted octanol–water partition coefficient (Wildman–Crippen LogP) is 2.72. The van der Waals surface area contributed by atoms with Crippen molar-refractivity contribution in [2.24, 2.45) is 0 Å². The van der Waals surface area contributed by atoms with Crippen molar-refractivity contribution in [2.75, 3.05) is 54.7 Å². The Kier molecular flexibility index (Phi) is 6.12. The van der Waals surface area contributed by atoms with Crippen LogP contribution in [0.4, 0.5) is 23.3 Å². The Balaban J connectivity index is 1.29. The molecular formula is C22H23N9O2S. The molecule has 4 heterocycles. The molecule has 1 fully saturated rings. The van der Waals surface area contributed by atoms with E-state index in [2.05, 4.69) is 40.3 Å². The Labute approximate surface area is 200 Å². The van der Waals surface area contributed by atoms with Gasteiger partial charge in [0, 0.05) is 55.7 Å². The first-order valence-electron chi connectivity index (χ1n) is 10.7. The van der Waals surface area contributed by atoms with E-state index in [0.717, 1.165) is 54.4 Å². The summed E-state index contributed by atoms with van der Waals surface area (Å²) in [7, 11) is 1.34. The van der Waals surface area contributed by atoms with Crippen LogP contribution in [0.5, 0.6) is 0 Å². The Bertz CT molecular complexity index is 1300. The number of rotatable bonds is 6. The van der Waals surface area contributed by atoms with Crippen LogP contribution in [0.3, 0.4) is 0 Å². The minimum absolute atomic E-state index is 0.336. The smallest absolute Gasteiger partial charge is 0.341 e. The van der Waals surface area contributed by atoms with Crippen molar-refractivity contribution in [1.29, 1.82) is 0 Å². The first-order chi connectivity index (χ1) is 16.6. The number of thioether (sulfide) groups is 1. The van der Waals surface area contributed by atoms with E-state index >= 15 is 0 Å². The summed E-state index contributed by atoms with van der Waals surface area (Å²) in [6.45, 7) is 2.98. The van der Waals surface area contributed by atoms with Gasteiger partial charge in [-0.3, -0.25) is 5.10 Å². The highest BCUT2D eigenvalue weighted by Crippen LogP contribution is 2.26. The number of nitrogens with zero attached hydrogens (tertiary/aromatic N) is 7. The molecule has 0 amide bonds. The van der Waals surface area contributed by atoms with E-state index in [1.165, 1.54) is 31.3 Å². The zero-order valence-electron chi connectivity index (χ0n) is 18.7. The van der Waals surface area contributed by atoms with Crippen molar-refractivity contribution >= 4 is 51.9 Å². The number of esters is 1. The second-order valence-corrected chi connectivity index (χ2v) is 8.41. The summed E-state index contributed by atoms with van der Waals surface area (Å²) in [5.41, 5.74) is 2.26. The third kappa shape index (κ3) is 4.57. The van der Waals surface area contributed by atoms with Crippen molar-refractivity contribution in [3.8, 4) is 0 Å². The molecule has 1 aliphatic heterocycles. The lowest BCUT2D eigenvalue weighted by Gasteiger charge is -2.35. The van der Waals surface area contributed by atoms with E-state index in [1.54, 1.807) is 6.20 Å². The van der Waals surface area contributed by atoms with Gasteiger partial charge in [-0.15, -0.1) is 0 Å². The maximum atomic E-state index is 11.6. The second-order valence-electron chi connectivity index (χ2n) is 7.63. The number of piperazine rings is 1. The van der Waals surface area contributed by atoms with Gasteiger partial charge in [-0.1, -0.05) is 11.8 Å². The van der Waals surface area contributed by atoms with Crippen LogP contribution < -0.4 is 15.1 Å². The van der Waals surface area contributed by atoms with Crippen LogP contribution in [0, 0.1) is 0 Å². The van der Waals surface area contributed by atoms with Gasteiger partial charge in [-0.2, -0.15) is 5.10 Å². The molecule has 174 valence electrons. The summed E-state index contributed by atoms with van der Waals surface area (Å²) < 4.78 is 4.70. The summed E-state index contributed by atoms with van der Waals surface area (Å²) in [5, 5.41) is 12.2. The molecule has 1 saturated heterocycles. The van der Waals surface area contributed by atoms with Crippen LogP contribution in [0.2, 0.25) is 0 Å². The lowest BCUT2D eigenvalue weighted by atomic mass is 10.2. The van der Waals surface area contributed by atoms with Gasteiger partial charge in [-0.05, 0) is 24.5 Å². The molecular weight excluding hydrogens is 454 g/mol. The molecule has 0 radical (unpaired) electrons. The molecule has 11 nitrogen and oxygen atoms in total. The molecule has 0 bridgehead atoms. The van der Waals surface area contributed by atoms with Crippen LogP contribution in [-0.2, 0) is 4.74 Å². The molecule has 2 N–H and O–H groups in total. The SMILES string of the molecule is COC(=O)c1cnc(N2CCN(c3cc(Nc4ccc5[nH]ncc5c4)nc(SC)n3)CC2)nc1. The van der Waals surface area contributed by atoms with Gasteiger partial charge in [0.05, 0.1) is 24.4 Å². The monoisotopic (exact) mass is 477 g/mol. The van der Waals surface area contributed by atoms with Crippen molar-refractivity contribution < 1.29 is 9.53 Å². The van der Waals surface area contributed by atoms with Crippen molar-refractivity contribution in [1.82, 2.24) is 30.1 Å². The highest BCUT2D eigenvalue weighted by Gasteiger charge is 2.21. The molecule has 4 aromatic rings. The second kappa shape index (κ2) is 9.51. The van der Waals surface area contributed by atoms with Gasteiger partial charge in [-0.25, -0.2) is 24.7 Å². The van der Waals surface area contributed by atoms with Gasteiger partial charge < -0.3 is 19.9 Å². The van der Waals surface area contributed by atoms with Gasteiger partial charge in [0.25, 0.3) is 0 Å². The molecule has 1 aliphatic rings. The number of aromatic amines is 1. The normalized spacial score (nSPS) is 13.8. The number of hydrogen-bond donors (Lipinski definition) is 2. The quantitative estimate of drug-likeness (QED) is 0.242. The highest BCUT2D eigenvalue weighted by molar-refractivity contribution is 7.98. The molecule has 5 rings (SSSR count). The number of nitrogens with one attached hydrogen (secondary N) is 2. The fourth-order valence-electron chi connectivity index (χ4n) is 3.74. The largest absolute Gasteiger partial charge is 0.465 e. The molecule has 0 spiro atoms. The number of ether oxygens (including phenoxy) is 1. The Morgan fingerprint density at radius 3 is 2.56 bits per heavy atom. The van der Waals surface area contributed by atoms with Crippen LogP contribution in [0.25, 0.3) is 10.9 Å². The third-order valence-electron chi connectivity index (χ3n) is 5.53. The minimum atomic E-state index is -0.446. The number of hydrogen-bond acceptors (Lipinski definition) is 11. The Morgan fingerprint density at radius 2 is 1.82 bits per heavy atom. The zero-order valence-corrected chi connectivity index (χ0v) is 19.5. The van der Waals surface area contributed by atoms with Crippen LogP contribution >= 0.6 is 11.8 Å². The van der Waals surface area contributed by atoms with E-state index in [0.29, 0.717) is 16.7 Å². The van der Waals surface area contributed by atoms with Gasteiger partial charge in [0.15, 0.2) is 5.16 Å². The fraction of sp³-hybridized carbons (Fsp3) is 0.273. The van der Waals surface area contributed by atoms with E-state index < -0.39 is 5.97 Å². The maximum Gasteiger partial charge on any atom is 0.341 e. The van der Waals surface area contributed by atoms with E-state index in [4.69, 9.17) is 9.72 Å². The number of fused-ring (bicyclic) bond motifs is 1. The number of aromatic nitrogens is 6.